The molecular formula is C29H23ClN2O5. The lowest BCUT2D eigenvalue weighted by Gasteiger charge is -2.10. The van der Waals surface area contributed by atoms with Crippen molar-refractivity contribution in [1.29, 1.82) is 0 Å². The van der Waals surface area contributed by atoms with Crippen molar-refractivity contribution in [1.82, 2.24) is 5.43 Å². The first-order valence-corrected chi connectivity index (χ1v) is 11.7. The number of hydrogen-bond acceptors (Lipinski definition) is 6. The fourth-order valence-electron chi connectivity index (χ4n) is 3.26. The molecule has 0 fully saturated rings. The van der Waals surface area contributed by atoms with Crippen LogP contribution in [0.4, 0.5) is 0 Å². The Morgan fingerprint density at radius 2 is 1.59 bits per heavy atom. The molecule has 0 aromatic heterocycles. The number of hydrogen-bond donors (Lipinski definition) is 1. The minimum Gasteiger partial charge on any atom is -0.493 e. The lowest BCUT2D eigenvalue weighted by Crippen LogP contribution is -2.17. The van der Waals surface area contributed by atoms with E-state index in [-0.39, 0.29) is 11.7 Å². The fraction of sp³-hybridized carbons (Fsp3) is 0.0690. The number of benzene rings is 4. The molecule has 0 aliphatic rings. The number of nitrogens with zero attached hydrogens (tertiary/aromatic N) is 1. The summed E-state index contributed by atoms with van der Waals surface area (Å²) in [6, 6.07) is 27.7. The molecule has 0 saturated heterocycles. The van der Waals surface area contributed by atoms with Gasteiger partial charge < -0.3 is 14.2 Å². The smallest absolute Gasteiger partial charge is 0.343 e. The summed E-state index contributed by atoms with van der Waals surface area (Å²) in [5, 5.41) is 4.68. The Balaban J connectivity index is 1.31. The molecule has 0 heterocycles. The van der Waals surface area contributed by atoms with Crippen LogP contribution in [0.2, 0.25) is 5.02 Å². The van der Waals surface area contributed by atoms with Crippen LogP contribution in [-0.4, -0.2) is 25.2 Å². The molecular weight excluding hydrogens is 492 g/mol. The van der Waals surface area contributed by atoms with Gasteiger partial charge in [0.05, 0.1) is 18.9 Å². The maximum Gasteiger partial charge on any atom is 0.343 e. The van der Waals surface area contributed by atoms with Crippen molar-refractivity contribution in [2.75, 3.05) is 7.11 Å². The Morgan fingerprint density at radius 1 is 0.865 bits per heavy atom. The Hall–Kier alpha value is -4.62. The van der Waals surface area contributed by atoms with Crippen molar-refractivity contribution in [2.24, 2.45) is 5.10 Å². The molecule has 4 aromatic rings. The molecule has 0 radical (unpaired) electrons. The third-order valence-electron chi connectivity index (χ3n) is 5.21. The maximum atomic E-state index is 12.4. The van der Waals surface area contributed by atoms with E-state index >= 15 is 0 Å². The minimum absolute atomic E-state index is 0.274. The van der Waals surface area contributed by atoms with E-state index in [4.69, 9.17) is 25.8 Å². The van der Waals surface area contributed by atoms with E-state index in [2.05, 4.69) is 10.5 Å². The van der Waals surface area contributed by atoms with E-state index in [1.54, 1.807) is 78.9 Å². The molecule has 0 aliphatic carbocycles. The first-order valence-electron chi connectivity index (χ1n) is 11.3. The van der Waals surface area contributed by atoms with Gasteiger partial charge >= 0.3 is 5.97 Å². The normalized spacial score (nSPS) is 10.6. The van der Waals surface area contributed by atoms with E-state index in [0.717, 1.165) is 5.56 Å². The average molecular weight is 515 g/mol. The highest BCUT2D eigenvalue weighted by atomic mass is 35.5. The molecule has 0 saturated carbocycles. The summed E-state index contributed by atoms with van der Waals surface area (Å²) in [6.07, 6.45) is 1.47. The second-order valence-electron chi connectivity index (χ2n) is 7.80. The van der Waals surface area contributed by atoms with Crippen LogP contribution in [0.1, 0.15) is 31.8 Å². The van der Waals surface area contributed by atoms with Crippen LogP contribution < -0.4 is 19.6 Å². The summed E-state index contributed by atoms with van der Waals surface area (Å²) in [6.45, 7) is 0.390. The van der Waals surface area contributed by atoms with E-state index < -0.39 is 5.97 Å². The van der Waals surface area contributed by atoms with Gasteiger partial charge in [0.1, 0.15) is 12.4 Å². The monoisotopic (exact) mass is 514 g/mol. The van der Waals surface area contributed by atoms with Gasteiger partial charge in [0.15, 0.2) is 11.5 Å². The molecule has 186 valence electrons. The van der Waals surface area contributed by atoms with Crippen molar-refractivity contribution in [3.8, 4) is 17.2 Å². The lowest BCUT2D eigenvalue weighted by molar-refractivity contribution is 0.0729. The molecule has 7 nitrogen and oxygen atoms in total. The Bertz CT molecular complexity index is 1390. The van der Waals surface area contributed by atoms with Crippen molar-refractivity contribution in [2.45, 2.75) is 6.61 Å². The predicted octanol–water partition coefficient (Wildman–Crippen LogP) is 5.91. The molecule has 4 aromatic carbocycles. The van der Waals surface area contributed by atoms with Gasteiger partial charge in [0, 0.05) is 10.6 Å². The molecule has 8 heteroatoms. The van der Waals surface area contributed by atoms with Gasteiger partial charge in [-0.25, -0.2) is 10.2 Å². The number of rotatable bonds is 9. The second-order valence-corrected chi connectivity index (χ2v) is 8.24. The molecule has 0 atom stereocenters. The summed E-state index contributed by atoms with van der Waals surface area (Å²) in [5.41, 5.74) is 4.97. The van der Waals surface area contributed by atoms with Gasteiger partial charge in [-0.15, -0.1) is 0 Å². The molecule has 4 rings (SSSR count). The number of carbonyl (C=O) groups excluding carboxylic acids is 2. The standard InChI is InChI=1S/C29H23ClN2O5/c1-35-27-17-21(9-16-26(27)37-29(34)23-5-3-2-4-6-23)18-31-32-28(33)22-10-14-25(15-11-22)36-19-20-7-12-24(30)13-8-20/h2-18H,19H2,1H3,(H,32,33)/b31-18+. The van der Waals surface area contributed by atoms with Crippen molar-refractivity contribution < 1.29 is 23.8 Å². The number of halogens is 1. The number of amides is 1. The molecule has 1 amide bonds. The van der Waals surface area contributed by atoms with Crippen LogP contribution in [0.5, 0.6) is 17.2 Å². The molecule has 0 aliphatic heterocycles. The molecule has 0 unspecified atom stereocenters. The van der Waals surface area contributed by atoms with E-state index in [1.165, 1.54) is 13.3 Å². The first-order chi connectivity index (χ1) is 18.0. The van der Waals surface area contributed by atoms with Crippen molar-refractivity contribution in [3.05, 3.63) is 124 Å². The van der Waals surface area contributed by atoms with E-state index in [1.807, 2.05) is 18.2 Å². The summed E-state index contributed by atoms with van der Waals surface area (Å²) in [5.74, 6) is 0.398. The van der Waals surface area contributed by atoms with Crippen LogP contribution in [0.25, 0.3) is 0 Å². The van der Waals surface area contributed by atoms with E-state index in [0.29, 0.717) is 39.8 Å². The van der Waals surface area contributed by atoms with Gasteiger partial charge in [-0.1, -0.05) is 41.9 Å². The number of hydrazone groups is 1. The molecule has 0 bridgehead atoms. The van der Waals surface area contributed by atoms with E-state index in [9.17, 15) is 9.59 Å². The number of methoxy groups -OCH3 is 1. The fourth-order valence-corrected chi connectivity index (χ4v) is 3.39. The van der Waals surface area contributed by atoms with Crippen LogP contribution in [0.3, 0.4) is 0 Å². The maximum absolute atomic E-state index is 12.4. The first kappa shape index (κ1) is 25.5. The van der Waals surface area contributed by atoms with Gasteiger partial charge in [0.2, 0.25) is 0 Å². The quantitative estimate of drug-likeness (QED) is 0.130. The highest BCUT2D eigenvalue weighted by molar-refractivity contribution is 6.30. The zero-order valence-electron chi connectivity index (χ0n) is 19.9. The van der Waals surface area contributed by atoms with Crippen LogP contribution >= 0.6 is 11.6 Å². The van der Waals surface area contributed by atoms with Crippen LogP contribution in [-0.2, 0) is 6.61 Å². The zero-order valence-corrected chi connectivity index (χ0v) is 20.6. The zero-order chi connectivity index (χ0) is 26.0. The van der Waals surface area contributed by atoms with Crippen molar-refractivity contribution >= 4 is 29.7 Å². The summed E-state index contributed by atoms with van der Waals surface area (Å²) in [4.78, 5) is 24.7. The molecule has 0 spiro atoms. The largest absolute Gasteiger partial charge is 0.493 e. The average Bonchev–Trinajstić information content (AvgIpc) is 2.94. The Labute approximate surface area is 219 Å². The number of carbonyl (C=O) groups is 2. The van der Waals surface area contributed by atoms with Gasteiger partial charge in [0.25, 0.3) is 5.91 Å². The highest BCUT2D eigenvalue weighted by Gasteiger charge is 2.12. The predicted molar refractivity (Wildman–Crippen MR) is 142 cm³/mol. The summed E-state index contributed by atoms with van der Waals surface area (Å²) in [7, 11) is 1.47. The molecule has 1 N–H and O–H groups in total. The number of ether oxygens (including phenoxy) is 3. The van der Waals surface area contributed by atoms with Gasteiger partial charge in [-0.05, 0) is 77.9 Å². The van der Waals surface area contributed by atoms with Crippen molar-refractivity contribution in [3.63, 3.8) is 0 Å². The Kier molecular flexibility index (Phi) is 8.52. The number of esters is 1. The third kappa shape index (κ3) is 7.19. The highest BCUT2D eigenvalue weighted by Crippen LogP contribution is 2.28. The second kappa shape index (κ2) is 12.4. The summed E-state index contributed by atoms with van der Waals surface area (Å²) >= 11 is 5.89. The minimum atomic E-state index is -0.492. The number of nitrogens with one attached hydrogen (secondary N) is 1. The van der Waals surface area contributed by atoms with Crippen LogP contribution in [0, 0.1) is 0 Å². The van der Waals surface area contributed by atoms with Gasteiger partial charge in [-0.3, -0.25) is 4.79 Å². The molecule has 37 heavy (non-hydrogen) atoms. The lowest BCUT2D eigenvalue weighted by atomic mass is 10.2. The SMILES string of the molecule is COc1cc(/C=N/NC(=O)c2ccc(OCc3ccc(Cl)cc3)cc2)ccc1OC(=O)c1ccccc1. The van der Waals surface area contributed by atoms with Gasteiger partial charge in [-0.2, -0.15) is 5.10 Å². The Morgan fingerprint density at radius 3 is 2.30 bits per heavy atom. The third-order valence-corrected chi connectivity index (χ3v) is 5.47. The summed E-state index contributed by atoms with van der Waals surface area (Å²) < 4.78 is 16.5. The topological polar surface area (TPSA) is 86.2 Å². The van der Waals surface area contributed by atoms with Crippen LogP contribution in [0.15, 0.2) is 102 Å².